The summed E-state index contributed by atoms with van der Waals surface area (Å²) in [7, 11) is 0. The van der Waals surface area contributed by atoms with Crippen LogP contribution in [0.1, 0.15) is 24.2 Å². The molecule has 1 aromatic heterocycles. The first kappa shape index (κ1) is 22.8. The largest absolute Gasteiger partial charge is 0.355 e. The summed E-state index contributed by atoms with van der Waals surface area (Å²) in [5.41, 5.74) is 4.43. The number of amides is 1. The third-order valence-electron chi connectivity index (χ3n) is 6.49. The predicted octanol–water partition coefficient (Wildman–Crippen LogP) is 5.36. The van der Waals surface area contributed by atoms with Crippen LogP contribution in [0.2, 0.25) is 0 Å². The number of hydrogen-bond acceptors (Lipinski definition) is 3. The molecule has 5 rings (SSSR count). The number of imidazole rings is 1. The standard InChI is InChI=1S/C28H29BrN4O/c29-23-11-6-12-24(18-23)33-26-14-5-4-13-25(26)31-27(33)20-32-17-7-10-22(19-32)28(34)30-16-15-21-8-2-1-3-9-21/h1-6,8-9,11-14,18,22H,7,10,15-17,19-20H2,(H,30,34)/t22-/m0/s1. The Labute approximate surface area is 208 Å². The molecule has 1 aliphatic heterocycles. The van der Waals surface area contributed by atoms with E-state index < -0.39 is 0 Å². The summed E-state index contributed by atoms with van der Waals surface area (Å²) in [6.45, 7) is 3.14. The lowest BCUT2D eigenvalue weighted by atomic mass is 9.97. The summed E-state index contributed by atoms with van der Waals surface area (Å²) in [6, 6.07) is 26.9. The molecule has 0 spiro atoms. The van der Waals surface area contributed by atoms with Crippen molar-refractivity contribution in [3.8, 4) is 5.69 Å². The van der Waals surface area contributed by atoms with Gasteiger partial charge in [-0.2, -0.15) is 0 Å². The molecule has 0 bridgehead atoms. The van der Waals surface area contributed by atoms with Crippen LogP contribution in [0.4, 0.5) is 0 Å². The Morgan fingerprint density at radius 3 is 2.71 bits per heavy atom. The van der Waals surface area contributed by atoms with Gasteiger partial charge in [-0.3, -0.25) is 14.3 Å². The lowest BCUT2D eigenvalue weighted by Gasteiger charge is -2.31. The molecule has 174 valence electrons. The van der Waals surface area contributed by atoms with E-state index in [9.17, 15) is 4.79 Å². The molecule has 3 aromatic carbocycles. The average Bonchev–Trinajstić information content (AvgIpc) is 3.22. The van der Waals surface area contributed by atoms with Gasteiger partial charge in [0.1, 0.15) is 5.82 Å². The van der Waals surface area contributed by atoms with Crippen LogP contribution >= 0.6 is 15.9 Å². The first-order valence-electron chi connectivity index (χ1n) is 11.9. The van der Waals surface area contributed by atoms with Crippen LogP contribution in [0.3, 0.4) is 0 Å². The summed E-state index contributed by atoms with van der Waals surface area (Å²) < 4.78 is 3.28. The maximum atomic E-state index is 12.9. The van der Waals surface area contributed by atoms with Crippen LogP contribution in [0, 0.1) is 5.92 Å². The van der Waals surface area contributed by atoms with Crippen LogP contribution in [-0.4, -0.2) is 40.0 Å². The van der Waals surface area contributed by atoms with Gasteiger partial charge in [0.2, 0.25) is 5.91 Å². The number of likely N-dealkylation sites (tertiary alicyclic amines) is 1. The topological polar surface area (TPSA) is 50.2 Å². The molecule has 0 radical (unpaired) electrons. The molecule has 0 unspecified atom stereocenters. The van der Waals surface area contributed by atoms with Gasteiger partial charge in [0.05, 0.1) is 23.5 Å². The number of nitrogens with one attached hydrogen (secondary N) is 1. The minimum absolute atomic E-state index is 0.0215. The minimum atomic E-state index is 0.0215. The van der Waals surface area contributed by atoms with Crippen LogP contribution in [0.15, 0.2) is 83.3 Å². The fourth-order valence-corrected chi connectivity index (χ4v) is 5.20. The predicted molar refractivity (Wildman–Crippen MR) is 140 cm³/mol. The zero-order chi connectivity index (χ0) is 23.3. The number of hydrogen-bond donors (Lipinski definition) is 1. The summed E-state index contributed by atoms with van der Waals surface area (Å²) in [6.07, 6.45) is 2.82. The number of para-hydroxylation sites is 2. The fourth-order valence-electron chi connectivity index (χ4n) is 4.82. The number of nitrogens with zero attached hydrogens (tertiary/aromatic N) is 3. The van der Waals surface area contributed by atoms with E-state index in [1.807, 2.05) is 30.3 Å². The third kappa shape index (κ3) is 5.24. The van der Waals surface area contributed by atoms with Gasteiger partial charge in [0, 0.05) is 23.2 Å². The molecule has 1 N–H and O–H groups in total. The van der Waals surface area contributed by atoms with E-state index >= 15 is 0 Å². The quantitative estimate of drug-likeness (QED) is 0.359. The van der Waals surface area contributed by atoms with Gasteiger partial charge in [-0.05, 0) is 61.7 Å². The summed E-state index contributed by atoms with van der Waals surface area (Å²) >= 11 is 3.61. The Balaban J connectivity index is 1.28. The fraction of sp³-hybridized carbons (Fsp3) is 0.286. The Morgan fingerprint density at radius 2 is 1.85 bits per heavy atom. The average molecular weight is 517 g/mol. The Morgan fingerprint density at radius 1 is 1.03 bits per heavy atom. The molecule has 1 amide bonds. The van der Waals surface area contributed by atoms with E-state index in [4.69, 9.17) is 4.98 Å². The number of halogens is 1. The van der Waals surface area contributed by atoms with Gasteiger partial charge in [0.25, 0.3) is 0 Å². The van der Waals surface area contributed by atoms with Crippen LogP contribution in [0.5, 0.6) is 0 Å². The van der Waals surface area contributed by atoms with Crippen molar-refractivity contribution in [1.29, 1.82) is 0 Å². The number of benzene rings is 3. The maximum absolute atomic E-state index is 12.9. The Hall–Kier alpha value is -2.96. The number of carbonyl (C=O) groups excluding carboxylic acids is 1. The highest BCUT2D eigenvalue weighted by molar-refractivity contribution is 9.10. The molecule has 6 heteroatoms. The van der Waals surface area contributed by atoms with Crippen LogP contribution in [0.25, 0.3) is 16.7 Å². The lowest BCUT2D eigenvalue weighted by molar-refractivity contribution is -0.126. The van der Waals surface area contributed by atoms with Crippen LogP contribution < -0.4 is 5.32 Å². The highest BCUT2D eigenvalue weighted by Crippen LogP contribution is 2.26. The van der Waals surface area contributed by atoms with Crippen molar-refractivity contribution in [1.82, 2.24) is 19.8 Å². The monoisotopic (exact) mass is 516 g/mol. The zero-order valence-electron chi connectivity index (χ0n) is 19.2. The number of carbonyl (C=O) groups is 1. The van der Waals surface area contributed by atoms with Gasteiger partial charge >= 0.3 is 0 Å². The molecule has 0 aliphatic carbocycles. The second kappa shape index (κ2) is 10.5. The van der Waals surface area contributed by atoms with Crippen LogP contribution in [-0.2, 0) is 17.8 Å². The molecular weight excluding hydrogens is 488 g/mol. The number of fused-ring (bicyclic) bond motifs is 1. The maximum Gasteiger partial charge on any atom is 0.224 e. The first-order chi connectivity index (χ1) is 16.7. The summed E-state index contributed by atoms with van der Waals surface area (Å²) in [5, 5.41) is 3.16. The van der Waals surface area contributed by atoms with E-state index in [2.05, 4.69) is 79.2 Å². The number of rotatable bonds is 7. The second-order valence-electron chi connectivity index (χ2n) is 8.93. The first-order valence-corrected chi connectivity index (χ1v) is 12.7. The Kier molecular flexibility index (Phi) is 7.07. The molecule has 34 heavy (non-hydrogen) atoms. The van der Waals surface area contributed by atoms with Crippen molar-refractivity contribution in [2.24, 2.45) is 5.92 Å². The van der Waals surface area contributed by atoms with Gasteiger partial charge in [-0.25, -0.2) is 4.98 Å². The van der Waals surface area contributed by atoms with E-state index in [-0.39, 0.29) is 11.8 Å². The summed E-state index contributed by atoms with van der Waals surface area (Å²) in [5.74, 6) is 1.19. The van der Waals surface area contributed by atoms with Crippen molar-refractivity contribution in [2.75, 3.05) is 19.6 Å². The molecular formula is C28H29BrN4O. The SMILES string of the molecule is O=C(NCCc1ccccc1)[C@H]1CCCN(Cc2nc3ccccc3n2-c2cccc(Br)c2)C1. The van der Waals surface area contributed by atoms with E-state index in [1.165, 1.54) is 5.56 Å². The van der Waals surface area contributed by atoms with Crippen molar-refractivity contribution in [3.63, 3.8) is 0 Å². The van der Waals surface area contributed by atoms with E-state index in [1.54, 1.807) is 0 Å². The smallest absolute Gasteiger partial charge is 0.224 e. The van der Waals surface area contributed by atoms with Crippen molar-refractivity contribution in [3.05, 3.63) is 94.7 Å². The normalized spacial score (nSPS) is 16.6. The Bertz CT molecular complexity index is 1270. The van der Waals surface area contributed by atoms with Gasteiger partial charge in [0.15, 0.2) is 0 Å². The third-order valence-corrected chi connectivity index (χ3v) is 6.99. The molecule has 1 fully saturated rings. The van der Waals surface area contributed by atoms with Crippen molar-refractivity contribution < 1.29 is 4.79 Å². The molecule has 5 nitrogen and oxygen atoms in total. The van der Waals surface area contributed by atoms with Gasteiger partial charge in [-0.15, -0.1) is 0 Å². The number of piperidine rings is 1. The minimum Gasteiger partial charge on any atom is -0.355 e. The molecule has 1 aliphatic rings. The number of aromatic nitrogens is 2. The van der Waals surface area contributed by atoms with Crippen molar-refractivity contribution in [2.45, 2.75) is 25.8 Å². The van der Waals surface area contributed by atoms with E-state index in [0.717, 1.165) is 65.9 Å². The highest BCUT2D eigenvalue weighted by Gasteiger charge is 2.27. The van der Waals surface area contributed by atoms with Crippen molar-refractivity contribution >= 4 is 32.9 Å². The molecule has 1 saturated heterocycles. The van der Waals surface area contributed by atoms with Gasteiger partial charge in [-0.1, -0.05) is 64.5 Å². The summed E-state index contributed by atoms with van der Waals surface area (Å²) in [4.78, 5) is 20.2. The zero-order valence-corrected chi connectivity index (χ0v) is 20.7. The molecule has 2 heterocycles. The molecule has 0 saturated carbocycles. The van der Waals surface area contributed by atoms with E-state index in [0.29, 0.717) is 6.54 Å². The van der Waals surface area contributed by atoms with Gasteiger partial charge < -0.3 is 5.32 Å². The molecule has 4 aromatic rings. The molecule has 1 atom stereocenters. The highest BCUT2D eigenvalue weighted by atomic mass is 79.9. The second-order valence-corrected chi connectivity index (χ2v) is 9.85. The lowest BCUT2D eigenvalue weighted by Crippen LogP contribution is -2.43.